The van der Waals surface area contributed by atoms with Gasteiger partial charge in [-0.3, -0.25) is 4.79 Å². The summed E-state index contributed by atoms with van der Waals surface area (Å²) < 4.78 is 23.8. The molecule has 0 heterocycles. The minimum atomic E-state index is -0.453. The molecule has 1 rings (SSSR count). The Bertz CT molecular complexity index is 540. The second kappa shape index (κ2) is 10.4. The molecule has 3 amide bonds. The Morgan fingerprint density at radius 1 is 1.17 bits per heavy atom. The van der Waals surface area contributed by atoms with Crippen LogP contribution < -0.4 is 10.1 Å². The fourth-order valence-corrected chi connectivity index (χ4v) is 1.81. The summed E-state index contributed by atoms with van der Waals surface area (Å²) in [6, 6.07) is 5.72. The third-order valence-electron chi connectivity index (χ3n) is 3.17. The van der Waals surface area contributed by atoms with Crippen LogP contribution in [0.1, 0.15) is 0 Å². The van der Waals surface area contributed by atoms with Gasteiger partial charge in [0.1, 0.15) is 6.61 Å². The molecule has 0 spiro atoms. The van der Waals surface area contributed by atoms with Gasteiger partial charge in [-0.2, -0.15) is 0 Å². The third kappa shape index (κ3) is 6.82. The molecule has 0 fully saturated rings. The molecular weight excluding hydrogens is 317 g/mol. The van der Waals surface area contributed by atoms with Crippen LogP contribution in [0.2, 0.25) is 0 Å². The third-order valence-corrected chi connectivity index (χ3v) is 3.17. The number of methoxy groups -OCH3 is 1. The van der Waals surface area contributed by atoms with Crippen LogP contribution in [-0.2, 0) is 9.53 Å². The number of urea groups is 1. The number of halogens is 1. The number of ether oxygens (including phenoxy) is 2. The van der Waals surface area contributed by atoms with Crippen molar-refractivity contribution in [2.45, 2.75) is 0 Å². The summed E-state index contributed by atoms with van der Waals surface area (Å²) in [7, 11) is 4.71. The predicted molar refractivity (Wildman–Crippen MR) is 87.4 cm³/mol. The molecule has 0 aliphatic carbocycles. The van der Waals surface area contributed by atoms with Gasteiger partial charge in [-0.15, -0.1) is 0 Å². The normalized spacial score (nSPS) is 10.2. The van der Waals surface area contributed by atoms with E-state index in [2.05, 4.69) is 5.32 Å². The summed E-state index contributed by atoms with van der Waals surface area (Å²) in [6.07, 6.45) is 0. The lowest BCUT2D eigenvalue weighted by molar-refractivity contribution is -0.131. The molecule has 0 bridgehead atoms. The number of nitrogens with zero attached hydrogens (tertiary/aromatic N) is 2. The predicted octanol–water partition coefficient (Wildman–Crippen LogP) is 0.951. The van der Waals surface area contributed by atoms with Crippen molar-refractivity contribution in [1.29, 1.82) is 0 Å². The zero-order chi connectivity index (χ0) is 17.9. The maximum Gasteiger partial charge on any atom is 0.317 e. The van der Waals surface area contributed by atoms with Crippen molar-refractivity contribution in [3.05, 3.63) is 30.1 Å². The van der Waals surface area contributed by atoms with Gasteiger partial charge in [0.05, 0.1) is 19.7 Å². The number of hydrogen-bond acceptors (Lipinski definition) is 4. The van der Waals surface area contributed by atoms with Crippen LogP contribution in [0, 0.1) is 5.82 Å². The van der Waals surface area contributed by atoms with Crippen LogP contribution in [0.4, 0.5) is 9.18 Å². The highest BCUT2D eigenvalue weighted by Crippen LogP contribution is 2.15. The minimum Gasteiger partial charge on any atom is -0.489 e. The zero-order valence-electron chi connectivity index (χ0n) is 14.3. The molecule has 0 aliphatic rings. The zero-order valence-corrected chi connectivity index (χ0v) is 14.3. The van der Waals surface area contributed by atoms with Gasteiger partial charge in [0.2, 0.25) is 5.91 Å². The van der Waals surface area contributed by atoms with Crippen LogP contribution in [0.5, 0.6) is 5.75 Å². The van der Waals surface area contributed by atoms with Gasteiger partial charge in [0.25, 0.3) is 0 Å². The molecule has 134 valence electrons. The summed E-state index contributed by atoms with van der Waals surface area (Å²) in [4.78, 5) is 26.5. The van der Waals surface area contributed by atoms with Crippen molar-refractivity contribution in [2.75, 3.05) is 54.1 Å². The first-order valence-electron chi connectivity index (χ1n) is 7.55. The van der Waals surface area contributed by atoms with E-state index in [1.54, 1.807) is 26.2 Å². The molecule has 0 radical (unpaired) electrons. The molecule has 0 aromatic heterocycles. The monoisotopic (exact) mass is 341 g/mol. The Hall–Kier alpha value is -2.35. The van der Waals surface area contributed by atoms with Crippen LogP contribution in [0.15, 0.2) is 24.3 Å². The summed E-state index contributed by atoms with van der Waals surface area (Å²) in [5.41, 5.74) is 0. The fraction of sp³-hybridized carbons (Fsp3) is 0.500. The van der Waals surface area contributed by atoms with Crippen molar-refractivity contribution in [2.24, 2.45) is 0 Å². The molecule has 24 heavy (non-hydrogen) atoms. The lowest BCUT2D eigenvalue weighted by atomic mass is 10.3. The number of amides is 3. The van der Waals surface area contributed by atoms with Gasteiger partial charge in [-0.05, 0) is 12.1 Å². The first-order chi connectivity index (χ1) is 11.5. The standard InChI is InChI=1S/C16H24FN3O4/c1-19(2)16(22)18-12-15(21)20(8-10-23-3)9-11-24-14-7-5-4-6-13(14)17/h4-7H,8-12H2,1-3H3,(H,18,22). The van der Waals surface area contributed by atoms with Crippen LogP contribution >= 0.6 is 0 Å². The Labute approximate surface area is 141 Å². The molecule has 1 aromatic rings. The van der Waals surface area contributed by atoms with Gasteiger partial charge in [-0.25, -0.2) is 9.18 Å². The molecule has 7 nitrogen and oxygen atoms in total. The van der Waals surface area contributed by atoms with E-state index in [1.165, 1.54) is 29.0 Å². The molecule has 1 N–H and O–H groups in total. The molecular formula is C16H24FN3O4. The number of nitrogens with one attached hydrogen (secondary N) is 1. The van der Waals surface area contributed by atoms with E-state index in [-0.39, 0.29) is 37.4 Å². The topological polar surface area (TPSA) is 71.1 Å². The Morgan fingerprint density at radius 3 is 2.46 bits per heavy atom. The molecule has 8 heteroatoms. The van der Waals surface area contributed by atoms with E-state index < -0.39 is 5.82 Å². The number of rotatable bonds is 9. The van der Waals surface area contributed by atoms with E-state index in [0.717, 1.165) is 0 Å². The summed E-state index contributed by atoms with van der Waals surface area (Å²) in [5.74, 6) is -0.581. The Kier molecular flexibility index (Phi) is 8.56. The minimum absolute atomic E-state index is 0.125. The number of carbonyl (C=O) groups is 2. The summed E-state index contributed by atoms with van der Waals surface area (Å²) in [5, 5.41) is 2.51. The smallest absolute Gasteiger partial charge is 0.317 e. The maximum absolute atomic E-state index is 13.5. The summed E-state index contributed by atoms with van der Waals surface area (Å²) >= 11 is 0. The van der Waals surface area contributed by atoms with Crippen molar-refractivity contribution in [3.8, 4) is 5.75 Å². The molecule has 1 aromatic carbocycles. The Balaban J connectivity index is 2.50. The summed E-state index contributed by atoms with van der Waals surface area (Å²) in [6.45, 7) is 0.980. The molecule has 0 atom stereocenters. The second-order valence-corrected chi connectivity index (χ2v) is 5.21. The molecule has 0 aliphatic heterocycles. The van der Waals surface area contributed by atoms with E-state index in [1.807, 2.05) is 0 Å². The van der Waals surface area contributed by atoms with Gasteiger partial charge in [-0.1, -0.05) is 12.1 Å². The molecule has 0 saturated carbocycles. The van der Waals surface area contributed by atoms with Crippen molar-refractivity contribution in [3.63, 3.8) is 0 Å². The van der Waals surface area contributed by atoms with Crippen LogP contribution in [-0.4, -0.2) is 75.8 Å². The van der Waals surface area contributed by atoms with Gasteiger partial charge in [0, 0.05) is 27.7 Å². The average Bonchev–Trinajstić information content (AvgIpc) is 2.56. The quantitative estimate of drug-likeness (QED) is 0.726. The van der Waals surface area contributed by atoms with Crippen molar-refractivity contribution < 1.29 is 23.5 Å². The first-order valence-corrected chi connectivity index (χ1v) is 7.55. The van der Waals surface area contributed by atoms with Crippen molar-refractivity contribution in [1.82, 2.24) is 15.1 Å². The first kappa shape index (κ1) is 19.7. The molecule has 0 unspecified atom stereocenters. The van der Waals surface area contributed by atoms with Crippen molar-refractivity contribution >= 4 is 11.9 Å². The number of para-hydroxylation sites is 1. The van der Waals surface area contributed by atoms with Gasteiger partial charge in [0.15, 0.2) is 11.6 Å². The Morgan fingerprint density at radius 2 is 1.83 bits per heavy atom. The number of hydrogen-bond donors (Lipinski definition) is 1. The average molecular weight is 341 g/mol. The van der Waals surface area contributed by atoms with Gasteiger partial charge < -0.3 is 24.6 Å². The largest absolute Gasteiger partial charge is 0.489 e. The lowest BCUT2D eigenvalue weighted by Gasteiger charge is -2.23. The lowest BCUT2D eigenvalue weighted by Crippen LogP contribution is -2.45. The van der Waals surface area contributed by atoms with E-state index in [9.17, 15) is 14.0 Å². The highest BCUT2D eigenvalue weighted by Gasteiger charge is 2.15. The second-order valence-electron chi connectivity index (χ2n) is 5.21. The van der Waals surface area contributed by atoms with Gasteiger partial charge >= 0.3 is 6.03 Å². The fourth-order valence-electron chi connectivity index (χ4n) is 1.81. The number of benzene rings is 1. The maximum atomic E-state index is 13.5. The number of carbonyl (C=O) groups excluding carboxylic acids is 2. The molecule has 0 saturated heterocycles. The SMILES string of the molecule is COCCN(CCOc1ccccc1F)C(=O)CNC(=O)N(C)C. The van der Waals surface area contributed by atoms with Crippen LogP contribution in [0.25, 0.3) is 0 Å². The van der Waals surface area contributed by atoms with Crippen LogP contribution in [0.3, 0.4) is 0 Å². The van der Waals surface area contributed by atoms with E-state index in [4.69, 9.17) is 9.47 Å². The highest BCUT2D eigenvalue weighted by molar-refractivity contribution is 5.83. The van der Waals surface area contributed by atoms with E-state index >= 15 is 0 Å². The highest BCUT2D eigenvalue weighted by atomic mass is 19.1. The van der Waals surface area contributed by atoms with E-state index in [0.29, 0.717) is 13.2 Å².